The molecule has 0 heterocycles. The molecule has 0 radical (unpaired) electrons. The van der Waals surface area contributed by atoms with Gasteiger partial charge in [0.1, 0.15) is 0 Å². The van der Waals surface area contributed by atoms with E-state index < -0.39 is 15.4 Å². The summed E-state index contributed by atoms with van der Waals surface area (Å²) >= 11 is 1.72. The molecule has 86 valence electrons. The number of hydrogen-bond donors (Lipinski definition) is 1. The first-order chi connectivity index (χ1) is 6.25. The minimum Gasteiger partial charge on any atom is -0.285 e. The second-order valence-electron chi connectivity index (χ2n) is 4.01. The van der Waals surface area contributed by atoms with Gasteiger partial charge in [-0.2, -0.15) is 20.2 Å². The average molecular weight is 240 g/mol. The number of hydrogen-bond acceptors (Lipinski definition) is 3. The molecule has 1 N–H and O–H groups in total. The fourth-order valence-electron chi connectivity index (χ4n) is 1.25. The van der Waals surface area contributed by atoms with Crippen LogP contribution >= 0.6 is 11.8 Å². The molecule has 0 bridgehead atoms. The van der Waals surface area contributed by atoms with Gasteiger partial charge in [-0.1, -0.05) is 27.7 Å². The number of thioether (sulfide) groups is 1. The van der Waals surface area contributed by atoms with Gasteiger partial charge in [0.25, 0.3) is 10.1 Å². The van der Waals surface area contributed by atoms with E-state index in [1.165, 1.54) is 0 Å². The quantitative estimate of drug-likeness (QED) is 0.724. The van der Waals surface area contributed by atoms with Crippen molar-refractivity contribution in [2.75, 3.05) is 5.75 Å². The zero-order chi connectivity index (χ0) is 11.4. The van der Waals surface area contributed by atoms with E-state index in [1.54, 1.807) is 11.8 Å². The Hall–Kier alpha value is 0.260. The van der Waals surface area contributed by atoms with Gasteiger partial charge < -0.3 is 0 Å². The van der Waals surface area contributed by atoms with Crippen LogP contribution in [0, 0.1) is 5.92 Å². The van der Waals surface area contributed by atoms with Gasteiger partial charge in [-0.25, -0.2) is 0 Å². The van der Waals surface area contributed by atoms with Crippen molar-refractivity contribution in [1.82, 2.24) is 0 Å². The van der Waals surface area contributed by atoms with Crippen molar-refractivity contribution in [1.29, 1.82) is 0 Å². The lowest BCUT2D eigenvalue weighted by atomic mass is 10.1. The first-order valence-corrected chi connectivity index (χ1v) is 7.38. The van der Waals surface area contributed by atoms with Crippen LogP contribution < -0.4 is 0 Å². The highest BCUT2D eigenvalue weighted by atomic mass is 32.2. The molecule has 0 aromatic rings. The van der Waals surface area contributed by atoms with Crippen molar-refractivity contribution in [2.45, 2.75) is 44.6 Å². The van der Waals surface area contributed by atoms with Gasteiger partial charge in [-0.05, 0) is 23.3 Å². The summed E-state index contributed by atoms with van der Waals surface area (Å²) in [7, 11) is -3.88. The van der Waals surface area contributed by atoms with E-state index in [0.29, 0.717) is 11.7 Å². The molecular formula is C9H20O3S2. The Balaban J connectivity index is 4.14. The van der Waals surface area contributed by atoms with E-state index in [2.05, 4.69) is 13.8 Å². The molecule has 3 nitrogen and oxygen atoms in total. The fourth-order valence-corrected chi connectivity index (χ4v) is 3.36. The number of rotatable bonds is 6. The summed E-state index contributed by atoms with van der Waals surface area (Å²) in [6.07, 6.45) is 0.527. The Morgan fingerprint density at radius 1 is 1.21 bits per heavy atom. The maximum Gasteiger partial charge on any atom is 0.268 e. The summed E-state index contributed by atoms with van der Waals surface area (Å²) in [5.41, 5.74) is 0. The van der Waals surface area contributed by atoms with Gasteiger partial charge in [0.15, 0.2) is 0 Å². The standard InChI is InChI=1S/C9H20O3S2/c1-7(2)9(14(10,11)12)5-6-13-8(3)4/h7-9H,5-6H2,1-4H3,(H,10,11,12). The van der Waals surface area contributed by atoms with Crippen LogP contribution in [0.4, 0.5) is 0 Å². The van der Waals surface area contributed by atoms with Crippen molar-refractivity contribution in [2.24, 2.45) is 5.92 Å². The van der Waals surface area contributed by atoms with E-state index in [1.807, 2.05) is 13.8 Å². The minimum atomic E-state index is -3.88. The largest absolute Gasteiger partial charge is 0.285 e. The highest BCUT2D eigenvalue weighted by molar-refractivity contribution is 7.99. The van der Waals surface area contributed by atoms with Gasteiger partial charge >= 0.3 is 0 Å². The minimum absolute atomic E-state index is 0.0298. The van der Waals surface area contributed by atoms with Crippen molar-refractivity contribution in [3.05, 3.63) is 0 Å². The summed E-state index contributed by atoms with van der Waals surface area (Å²) < 4.78 is 31.0. The van der Waals surface area contributed by atoms with Crippen LogP contribution in [0.2, 0.25) is 0 Å². The molecule has 0 fully saturated rings. The Morgan fingerprint density at radius 3 is 2.00 bits per heavy atom. The maximum atomic E-state index is 11.0. The molecule has 0 aliphatic heterocycles. The highest BCUT2D eigenvalue weighted by Crippen LogP contribution is 2.19. The monoisotopic (exact) mass is 240 g/mol. The van der Waals surface area contributed by atoms with E-state index in [0.717, 1.165) is 5.75 Å². The summed E-state index contributed by atoms with van der Waals surface area (Å²) in [5.74, 6) is 0.748. The van der Waals surface area contributed by atoms with Crippen molar-refractivity contribution in [3.8, 4) is 0 Å². The molecule has 0 rings (SSSR count). The van der Waals surface area contributed by atoms with Crippen molar-refractivity contribution in [3.63, 3.8) is 0 Å². The molecule has 14 heavy (non-hydrogen) atoms. The van der Waals surface area contributed by atoms with Gasteiger partial charge in [0, 0.05) is 0 Å². The first kappa shape index (κ1) is 14.3. The Bertz CT molecular complexity index is 245. The van der Waals surface area contributed by atoms with Crippen LogP contribution in [-0.4, -0.2) is 29.2 Å². The van der Waals surface area contributed by atoms with Gasteiger partial charge in [-0.15, -0.1) is 0 Å². The highest BCUT2D eigenvalue weighted by Gasteiger charge is 2.25. The Labute approximate surface area is 91.4 Å². The molecular weight excluding hydrogens is 220 g/mol. The smallest absolute Gasteiger partial charge is 0.268 e. The Morgan fingerprint density at radius 2 is 1.71 bits per heavy atom. The maximum absolute atomic E-state index is 11.0. The Kier molecular flexibility index (Phi) is 6.09. The van der Waals surface area contributed by atoms with Crippen LogP contribution in [0.5, 0.6) is 0 Å². The summed E-state index contributed by atoms with van der Waals surface area (Å²) in [5, 5.41) is -0.113. The molecule has 5 heteroatoms. The molecule has 0 aliphatic carbocycles. The SMILES string of the molecule is CC(C)SCCC(C(C)C)S(=O)(=O)O. The lowest BCUT2D eigenvalue weighted by Gasteiger charge is -2.17. The lowest BCUT2D eigenvalue weighted by molar-refractivity contribution is 0.438. The molecule has 0 aliphatic rings. The van der Waals surface area contributed by atoms with Crippen LogP contribution in [0.25, 0.3) is 0 Å². The third-order valence-corrected chi connectivity index (χ3v) is 4.66. The lowest BCUT2D eigenvalue weighted by Crippen LogP contribution is -2.27. The first-order valence-electron chi connectivity index (χ1n) is 4.83. The van der Waals surface area contributed by atoms with Gasteiger partial charge in [0.05, 0.1) is 5.25 Å². The van der Waals surface area contributed by atoms with Crippen LogP contribution in [0.3, 0.4) is 0 Å². The summed E-state index contributed by atoms with van der Waals surface area (Å²) in [6, 6.07) is 0. The van der Waals surface area contributed by atoms with Crippen LogP contribution in [0.1, 0.15) is 34.1 Å². The second-order valence-corrected chi connectivity index (χ2v) is 7.33. The summed E-state index contributed by atoms with van der Waals surface area (Å²) in [4.78, 5) is 0. The molecule has 0 amide bonds. The molecule has 0 saturated heterocycles. The average Bonchev–Trinajstić information content (AvgIpc) is 1.94. The third-order valence-electron chi connectivity index (χ3n) is 1.98. The van der Waals surface area contributed by atoms with Crippen molar-refractivity contribution < 1.29 is 13.0 Å². The third kappa shape index (κ3) is 5.88. The topological polar surface area (TPSA) is 54.4 Å². The van der Waals surface area contributed by atoms with E-state index in [9.17, 15) is 8.42 Å². The zero-order valence-corrected chi connectivity index (χ0v) is 10.9. The molecule has 0 saturated carbocycles. The predicted molar refractivity (Wildman–Crippen MR) is 62.4 cm³/mol. The van der Waals surface area contributed by atoms with E-state index in [-0.39, 0.29) is 5.92 Å². The molecule has 0 aromatic heterocycles. The van der Waals surface area contributed by atoms with E-state index >= 15 is 0 Å². The normalized spacial score (nSPS) is 15.1. The molecule has 0 spiro atoms. The molecule has 0 aromatic carbocycles. The van der Waals surface area contributed by atoms with Gasteiger partial charge in [-0.3, -0.25) is 4.55 Å². The van der Waals surface area contributed by atoms with Crippen molar-refractivity contribution >= 4 is 21.9 Å². The molecule has 1 unspecified atom stereocenters. The van der Waals surface area contributed by atoms with Crippen LogP contribution in [-0.2, 0) is 10.1 Å². The molecule has 1 atom stereocenters. The fraction of sp³-hybridized carbons (Fsp3) is 1.00. The second kappa shape index (κ2) is 5.98. The predicted octanol–water partition coefficient (Wildman–Crippen LogP) is 2.43. The van der Waals surface area contributed by atoms with Crippen LogP contribution in [0.15, 0.2) is 0 Å². The summed E-state index contributed by atoms with van der Waals surface area (Å²) in [6.45, 7) is 7.78. The zero-order valence-electron chi connectivity index (χ0n) is 9.23. The van der Waals surface area contributed by atoms with E-state index in [4.69, 9.17) is 4.55 Å². The van der Waals surface area contributed by atoms with Gasteiger partial charge in [0.2, 0.25) is 0 Å².